The third-order valence-corrected chi connectivity index (χ3v) is 1.83. The number of pyridine rings is 1. The lowest BCUT2D eigenvalue weighted by Gasteiger charge is -2.04. The van der Waals surface area contributed by atoms with Gasteiger partial charge in [0.25, 0.3) is 0 Å². The summed E-state index contributed by atoms with van der Waals surface area (Å²) >= 11 is 0. The molecule has 1 aromatic rings. The van der Waals surface area contributed by atoms with Crippen LogP contribution in [0.5, 0.6) is 5.75 Å². The van der Waals surface area contributed by atoms with Gasteiger partial charge in [0, 0.05) is 7.05 Å². The Labute approximate surface area is 92.3 Å². The Kier molecular flexibility index (Phi) is 4.26. The van der Waals surface area contributed by atoms with Gasteiger partial charge < -0.3 is 15.2 Å². The second-order valence-electron chi connectivity index (χ2n) is 2.96. The molecule has 0 aliphatic heterocycles. The predicted molar refractivity (Wildman–Crippen MR) is 55.4 cm³/mol. The van der Waals surface area contributed by atoms with Gasteiger partial charge >= 0.3 is 5.97 Å². The van der Waals surface area contributed by atoms with Gasteiger partial charge in [0.15, 0.2) is 0 Å². The number of carboxylic acids is 1. The van der Waals surface area contributed by atoms with Crippen molar-refractivity contribution in [3.05, 3.63) is 24.0 Å². The molecule has 0 aromatic carbocycles. The number of amides is 1. The molecule has 16 heavy (non-hydrogen) atoms. The molecule has 0 unspecified atom stereocenters. The molecule has 0 aliphatic rings. The SMILES string of the molecule is CNC(=O)CCOc1ccc(C(=O)O)nc1. The molecule has 86 valence electrons. The largest absolute Gasteiger partial charge is 0.491 e. The van der Waals surface area contributed by atoms with Crippen molar-refractivity contribution in [1.82, 2.24) is 10.3 Å². The molecule has 0 radical (unpaired) electrons. The van der Waals surface area contributed by atoms with Gasteiger partial charge in [-0.2, -0.15) is 0 Å². The average Bonchev–Trinajstić information content (AvgIpc) is 2.29. The summed E-state index contributed by atoms with van der Waals surface area (Å²) in [5.41, 5.74) is -0.0429. The van der Waals surface area contributed by atoms with Crippen molar-refractivity contribution in [1.29, 1.82) is 0 Å². The number of hydrogen-bond donors (Lipinski definition) is 2. The van der Waals surface area contributed by atoms with Gasteiger partial charge in [-0.05, 0) is 12.1 Å². The molecule has 1 amide bonds. The molecular weight excluding hydrogens is 212 g/mol. The first-order chi connectivity index (χ1) is 7.63. The Balaban J connectivity index is 2.43. The minimum absolute atomic E-state index is 0.0429. The molecule has 0 atom stereocenters. The second kappa shape index (κ2) is 5.69. The van der Waals surface area contributed by atoms with Gasteiger partial charge in [-0.3, -0.25) is 4.79 Å². The molecule has 0 spiro atoms. The fourth-order valence-electron chi connectivity index (χ4n) is 0.979. The molecule has 1 heterocycles. The minimum Gasteiger partial charge on any atom is -0.491 e. The highest BCUT2D eigenvalue weighted by Crippen LogP contribution is 2.09. The van der Waals surface area contributed by atoms with E-state index in [2.05, 4.69) is 10.3 Å². The quantitative estimate of drug-likeness (QED) is 0.750. The molecule has 1 rings (SSSR count). The highest BCUT2D eigenvalue weighted by Gasteiger charge is 2.04. The number of ether oxygens (including phenoxy) is 1. The molecular formula is C10H12N2O4. The number of hydrogen-bond acceptors (Lipinski definition) is 4. The van der Waals surface area contributed by atoms with Crippen molar-refractivity contribution in [2.45, 2.75) is 6.42 Å². The van der Waals surface area contributed by atoms with Crippen LogP contribution in [0, 0.1) is 0 Å². The zero-order chi connectivity index (χ0) is 12.0. The number of carbonyl (C=O) groups excluding carboxylic acids is 1. The summed E-state index contributed by atoms with van der Waals surface area (Å²) in [6.07, 6.45) is 1.56. The smallest absolute Gasteiger partial charge is 0.354 e. The first-order valence-electron chi connectivity index (χ1n) is 4.66. The Hall–Kier alpha value is -2.11. The Morgan fingerprint density at radius 1 is 1.50 bits per heavy atom. The normalized spacial score (nSPS) is 9.56. The van der Waals surface area contributed by atoms with Crippen molar-refractivity contribution in [2.75, 3.05) is 13.7 Å². The van der Waals surface area contributed by atoms with Crippen molar-refractivity contribution in [2.24, 2.45) is 0 Å². The third-order valence-electron chi connectivity index (χ3n) is 1.83. The number of carbonyl (C=O) groups is 2. The van der Waals surface area contributed by atoms with E-state index in [0.29, 0.717) is 5.75 Å². The van der Waals surface area contributed by atoms with Crippen molar-refractivity contribution in [3.63, 3.8) is 0 Å². The van der Waals surface area contributed by atoms with Crippen LogP contribution >= 0.6 is 0 Å². The van der Waals surface area contributed by atoms with Crippen LogP contribution in [0.4, 0.5) is 0 Å². The number of rotatable bonds is 5. The van der Waals surface area contributed by atoms with Crippen molar-refractivity contribution < 1.29 is 19.4 Å². The van der Waals surface area contributed by atoms with Crippen LogP contribution in [0.15, 0.2) is 18.3 Å². The van der Waals surface area contributed by atoms with E-state index in [0.717, 1.165) is 0 Å². The van der Waals surface area contributed by atoms with Gasteiger partial charge in [-0.15, -0.1) is 0 Å². The van der Waals surface area contributed by atoms with Gasteiger partial charge in [0.2, 0.25) is 5.91 Å². The zero-order valence-corrected chi connectivity index (χ0v) is 8.77. The van der Waals surface area contributed by atoms with Crippen LogP contribution in [-0.2, 0) is 4.79 Å². The fourth-order valence-corrected chi connectivity index (χ4v) is 0.979. The highest BCUT2D eigenvalue weighted by atomic mass is 16.5. The van der Waals surface area contributed by atoms with Crippen LogP contribution in [0.2, 0.25) is 0 Å². The minimum atomic E-state index is -1.09. The number of aromatic carboxylic acids is 1. The van der Waals surface area contributed by atoms with Gasteiger partial charge in [0.1, 0.15) is 11.4 Å². The van der Waals surface area contributed by atoms with Gasteiger partial charge in [-0.1, -0.05) is 0 Å². The Bertz CT molecular complexity index is 375. The monoisotopic (exact) mass is 224 g/mol. The van der Waals surface area contributed by atoms with E-state index in [1.54, 1.807) is 7.05 Å². The summed E-state index contributed by atoms with van der Waals surface area (Å²) < 4.78 is 5.20. The van der Waals surface area contributed by atoms with Gasteiger partial charge in [0.05, 0.1) is 19.2 Å². The Morgan fingerprint density at radius 3 is 2.75 bits per heavy atom. The number of nitrogens with one attached hydrogen (secondary N) is 1. The van der Waals surface area contributed by atoms with E-state index >= 15 is 0 Å². The lowest BCUT2D eigenvalue weighted by molar-refractivity contribution is -0.121. The standard InChI is InChI=1S/C10H12N2O4/c1-11-9(13)4-5-16-7-2-3-8(10(14)15)12-6-7/h2-3,6H,4-5H2,1H3,(H,11,13)(H,14,15). The zero-order valence-electron chi connectivity index (χ0n) is 8.77. The lowest BCUT2D eigenvalue weighted by atomic mass is 10.3. The molecule has 6 nitrogen and oxygen atoms in total. The van der Waals surface area contributed by atoms with Crippen molar-refractivity contribution >= 4 is 11.9 Å². The molecule has 0 bridgehead atoms. The van der Waals surface area contributed by atoms with E-state index in [4.69, 9.17) is 9.84 Å². The molecule has 0 aliphatic carbocycles. The molecule has 2 N–H and O–H groups in total. The van der Waals surface area contributed by atoms with E-state index in [1.165, 1.54) is 18.3 Å². The van der Waals surface area contributed by atoms with Crippen LogP contribution in [0.3, 0.4) is 0 Å². The summed E-state index contributed by atoms with van der Waals surface area (Å²) in [7, 11) is 1.55. The summed E-state index contributed by atoms with van der Waals surface area (Å²) in [5.74, 6) is -0.763. The molecule has 1 aromatic heterocycles. The summed E-state index contributed by atoms with van der Waals surface area (Å²) in [5, 5.41) is 11.1. The number of carboxylic acid groups (broad SMARTS) is 1. The molecule has 0 saturated carbocycles. The summed E-state index contributed by atoms with van der Waals surface area (Å²) in [6, 6.07) is 2.85. The maximum atomic E-state index is 10.9. The van der Waals surface area contributed by atoms with E-state index in [9.17, 15) is 9.59 Å². The van der Waals surface area contributed by atoms with E-state index in [1.807, 2.05) is 0 Å². The number of nitrogens with zero attached hydrogens (tertiary/aromatic N) is 1. The summed E-state index contributed by atoms with van der Waals surface area (Å²) in [4.78, 5) is 25.0. The fraction of sp³-hybridized carbons (Fsp3) is 0.300. The molecule has 0 saturated heterocycles. The third kappa shape index (κ3) is 3.56. The topological polar surface area (TPSA) is 88.5 Å². The maximum Gasteiger partial charge on any atom is 0.354 e. The van der Waals surface area contributed by atoms with E-state index < -0.39 is 5.97 Å². The summed E-state index contributed by atoms with van der Waals surface area (Å²) in [6.45, 7) is 0.230. The first-order valence-corrected chi connectivity index (χ1v) is 4.66. The van der Waals surface area contributed by atoms with Crippen LogP contribution < -0.4 is 10.1 Å². The Morgan fingerprint density at radius 2 is 2.25 bits per heavy atom. The second-order valence-corrected chi connectivity index (χ2v) is 2.96. The van der Waals surface area contributed by atoms with Crippen LogP contribution in [0.1, 0.15) is 16.9 Å². The van der Waals surface area contributed by atoms with Crippen LogP contribution in [-0.4, -0.2) is 35.6 Å². The lowest BCUT2D eigenvalue weighted by Crippen LogP contribution is -2.20. The van der Waals surface area contributed by atoms with Crippen molar-refractivity contribution in [3.8, 4) is 5.75 Å². The predicted octanol–water partition coefficient (Wildman–Crippen LogP) is 0.295. The van der Waals surface area contributed by atoms with E-state index in [-0.39, 0.29) is 24.6 Å². The molecule has 0 fully saturated rings. The molecule has 6 heteroatoms. The average molecular weight is 224 g/mol. The highest BCUT2D eigenvalue weighted by molar-refractivity contribution is 5.85. The number of aromatic nitrogens is 1. The first kappa shape index (κ1) is 12.0. The van der Waals surface area contributed by atoms with Gasteiger partial charge in [-0.25, -0.2) is 9.78 Å². The van der Waals surface area contributed by atoms with Crippen LogP contribution in [0.25, 0.3) is 0 Å². The maximum absolute atomic E-state index is 10.9.